The number of hydrogen-bond acceptors (Lipinski definition) is 4. The van der Waals surface area contributed by atoms with Crippen molar-refractivity contribution < 1.29 is 0 Å². The summed E-state index contributed by atoms with van der Waals surface area (Å²) in [6.45, 7) is 3.21. The zero-order valence-corrected chi connectivity index (χ0v) is 11.5. The van der Waals surface area contributed by atoms with Crippen molar-refractivity contribution in [2.24, 2.45) is 0 Å². The van der Waals surface area contributed by atoms with Gasteiger partial charge in [0.1, 0.15) is 5.01 Å². The molecule has 0 radical (unpaired) electrons. The first-order chi connectivity index (χ1) is 7.88. The molecule has 1 N–H and O–H groups in total. The van der Waals surface area contributed by atoms with Crippen LogP contribution in [0.15, 0.2) is 6.20 Å². The van der Waals surface area contributed by atoms with E-state index in [9.17, 15) is 0 Å². The molecular weight excluding hydrogens is 236 g/mol. The molecule has 2 rings (SSSR count). The minimum atomic E-state index is 0.760. The lowest BCUT2D eigenvalue weighted by atomic mass is 10.2. The molecule has 0 atom stereocenters. The molecule has 1 aliphatic carbocycles. The molecule has 0 aromatic carbocycles. The Labute approximate surface area is 106 Å². The summed E-state index contributed by atoms with van der Waals surface area (Å²) in [5.41, 5.74) is 0. The van der Waals surface area contributed by atoms with E-state index in [1.165, 1.54) is 41.3 Å². The molecule has 0 spiro atoms. The summed E-state index contributed by atoms with van der Waals surface area (Å²) in [6.07, 6.45) is 7.56. The Balaban J connectivity index is 1.73. The summed E-state index contributed by atoms with van der Waals surface area (Å²) in [7, 11) is 0. The highest BCUT2D eigenvalue weighted by Gasteiger charge is 2.14. The smallest absolute Gasteiger partial charge is 0.103 e. The number of nitrogens with one attached hydrogen (secondary N) is 1. The maximum Gasteiger partial charge on any atom is 0.103 e. The second-order valence-corrected chi connectivity index (χ2v) is 6.69. The first-order valence-corrected chi connectivity index (χ1v) is 8.10. The largest absolute Gasteiger partial charge is 0.309 e. The summed E-state index contributed by atoms with van der Waals surface area (Å²) in [6, 6.07) is 0.760. The molecule has 0 amide bonds. The highest BCUT2D eigenvalue weighted by atomic mass is 32.2. The molecule has 1 heterocycles. The van der Waals surface area contributed by atoms with Crippen molar-refractivity contribution in [3.63, 3.8) is 0 Å². The monoisotopic (exact) mass is 256 g/mol. The van der Waals surface area contributed by atoms with Gasteiger partial charge in [0.15, 0.2) is 0 Å². The van der Waals surface area contributed by atoms with E-state index in [1.54, 1.807) is 0 Å². The summed E-state index contributed by atoms with van der Waals surface area (Å²) >= 11 is 3.81. The summed E-state index contributed by atoms with van der Waals surface area (Å²) in [5, 5.41) is 4.90. The van der Waals surface area contributed by atoms with Crippen LogP contribution in [0.25, 0.3) is 0 Å². The minimum Gasteiger partial charge on any atom is -0.309 e. The van der Waals surface area contributed by atoms with E-state index >= 15 is 0 Å². The Bertz CT molecular complexity index is 306. The number of rotatable bonds is 6. The average Bonchev–Trinajstić information content (AvgIpc) is 2.95. The number of aromatic nitrogens is 1. The van der Waals surface area contributed by atoms with Gasteiger partial charge >= 0.3 is 0 Å². The summed E-state index contributed by atoms with van der Waals surface area (Å²) in [4.78, 5) is 5.84. The molecule has 2 nitrogen and oxygen atoms in total. The average molecular weight is 256 g/mol. The van der Waals surface area contributed by atoms with E-state index in [-0.39, 0.29) is 0 Å². The van der Waals surface area contributed by atoms with Crippen molar-refractivity contribution in [1.29, 1.82) is 0 Å². The van der Waals surface area contributed by atoms with Crippen LogP contribution >= 0.6 is 23.1 Å². The van der Waals surface area contributed by atoms with Gasteiger partial charge in [0.25, 0.3) is 0 Å². The van der Waals surface area contributed by atoms with Crippen LogP contribution in [0.2, 0.25) is 0 Å². The number of hydrogen-bond donors (Lipinski definition) is 1. The second kappa shape index (κ2) is 6.62. The fraction of sp³-hybridized carbons (Fsp3) is 0.750. The van der Waals surface area contributed by atoms with Crippen LogP contribution in [-0.2, 0) is 12.3 Å². The third kappa shape index (κ3) is 3.75. The van der Waals surface area contributed by atoms with Crippen LogP contribution < -0.4 is 5.32 Å². The van der Waals surface area contributed by atoms with Gasteiger partial charge in [-0.1, -0.05) is 19.8 Å². The first kappa shape index (κ1) is 12.4. The van der Waals surface area contributed by atoms with Gasteiger partial charge in [0.05, 0.1) is 0 Å². The molecule has 1 aromatic heterocycles. The Morgan fingerprint density at radius 2 is 2.31 bits per heavy atom. The van der Waals surface area contributed by atoms with E-state index in [4.69, 9.17) is 0 Å². The van der Waals surface area contributed by atoms with Gasteiger partial charge < -0.3 is 5.32 Å². The topological polar surface area (TPSA) is 24.9 Å². The van der Waals surface area contributed by atoms with Gasteiger partial charge in [0, 0.05) is 29.4 Å². The maximum atomic E-state index is 4.46. The lowest BCUT2D eigenvalue weighted by Crippen LogP contribution is -2.24. The fourth-order valence-electron chi connectivity index (χ4n) is 2.06. The van der Waals surface area contributed by atoms with E-state index in [2.05, 4.69) is 17.2 Å². The molecule has 16 heavy (non-hydrogen) atoms. The molecule has 0 aliphatic heterocycles. The highest BCUT2D eigenvalue weighted by Crippen LogP contribution is 2.21. The van der Waals surface area contributed by atoms with Gasteiger partial charge in [-0.3, -0.25) is 0 Å². The second-order valence-electron chi connectivity index (χ2n) is 4.22. The van der Waals surface area contributed by atoms with E-state index < -0.39 is 0 Å². The molecule has 1 fully saturated rings. The Morgan fingerprint density at radius 3 is 3.06 bits per heavy atom. The molecule has 90 valence electrons. The van der Waals surface area contributed by atoms with Gasteiger partial charge in [-0.25, -0.2) is 4.98 Å². The molecule has 0 bridgehead atoms. The Hall–Kier alpha value is -0.0600. The molecular formula is C12H20N2S2. The lowest BCUT2D eigenvalue weighted by Gasteiger charge is -2.09. The summed E-state index contributed by atoms with van der Waals surface area (Å²) in [5.74, 6) is 2.25. The van der Waals surface area contributed by atoms with Crippen LogP contribution in [-0.4, -0.2) is 16.8 Å². The normalized spacial score (nSPS) is 17.1. The van der Waals surface area contributed by atoms with E-state index in [0.29, 0.717) is 0 Å². The van der Waals surface area contributed by atoms with Gasteiger partial charge in [-0.05, 0) is 18.6 Å². The zero-order valence-electron chi connectivity index (χ0n) is 9.87. The number of thioether (sulfide) groups is 1. The van der Waals surface area contributed by atoms with Crippen molar-refractivity contribution in [3.8, 4) is 0 Å². The maximum absolute atomic E-state index is 4.46. The van der Waals surface area contributed by atoms with Crippen LogP contribution in [0.3, 0.4) is 0 Å². The molecule has 4 heteroatoms. The molecule has 0 saturated heterocycles. The third-order valence-electron chi connectivity index (χ3n) is 2.95. The van der Waals surface area contributed by atoms with Crippen LogP contribution in [0.5, 0.6) is 0 Å². The van der Waals surface area contributed by atoms with Crippen molar-refractivity contribution in [1.82, 2.24) is 10.3 Å². The number of nitrogens with zero attached hydrogens (tertiary/aromatic N) is 1. The lowest BCUT2D eigenvalue weighted by molar-refractivity contribution is 0.527. The quantitative estimate of drug-likeness (QED) is 0.844. The van der Waals surface area contributed by atoms with E-state index in [1.807, 2.05) is 29.3 Å². The Morgan fingerprint density at radius 1 is 1.50 bits per heavy atom. The molecule has 1 aromatic rings. The predicted octanol–water partition coefficient (Wildman–Crippen LogP) is 3.43. The van der Waals surface area contributed by atoms with Crippen molar-refractivity contribution in [2.75, 3.05) is 5.75 Å². The first-order valence-electron chi connectivity index (χ1n) is 6.13. The standard InChI is InChI=1S/C12H20N2S2/c1-2-15-9-12-14-8-11(16-12)7-13-10-5-3-4-6-10/h8,10,13H,2-7,9H2,1H3. The fourth-order valence-corrected chi connectivity index (χ4v) is 3.67. The molecule has 1 aliphatic rings. The van der Waals surface area contributed by atoms with Crippen molar-refractivity contribution >= 4 is 23.1 Å². The number of thiazole rings is 1. The van der Waals surface area contributed by atoms with Gasteiger partial charge in [-0.15, -0.1) is 11.3 Å². The van der Waals surface area contributed by atoms with Crippen LogP contribution in [0.1, 0.15) is 42.5 Å². The zero-order chi connectivity index (χ0) is 11.2. The van der Waals surface area contributed by atoms with Crippen molar-refractivity contribution in [2.45, 2.75) is 50.9 Å². The molecule has 0 unspecified atom stereocenters. The Kier molecular flexibility index (Phi) is 5.13. The SMILES string of the molecule is CCSCc1ncc(CNC2CCCC2)s1. The highest BCUT2D eigenvalue weighted by molar-refractivity contribution is 7.98. The van der Waals surface area contributed by atoms with Crippen molar-refractivity contribution in [3.05, 3.63) is 16.1 Å². The van der Waals surface area contributed by atoms with Gasteiger partial charge in [-0.2, -0.15) is 11.8 Å². The third-order valence-corrected chi connectivity index (χ3v) is 5.02. The summed E-state index contributed by atoms with van der Waals surface area (Å²) < 4.78 is 0. The molecule has 1 saturated carbocycles. The van der Waals surface area contributed by atoms with Crippen LogP contribution in [0.4, 0.5) is 0 Å². The predicted molar refractivity (Wildman–Crippen MR) is 73.0 cm³/mol. The van der Waals surface area contributed by atoms with Crippen LogP contribution in [0, 0.1) is 0 Å². The van der Waals surface area contributed by atoms with E-state index in [0.717, 1.165) is 18.3 Å². The van der Waals surface area contributed by atoms with Gasteiger partial charge in [0.2, 0.25) is 0 Å². The minimum absolute atomic E-state index is 0.760.